The third-order valence-electron chi connectivity index (χ3n) is 2.59. The highest BCUT2D eigenvalue weighted by molar-refractivity contribution is 7.98. The zero-order chi connectivity index (χ0) is 13.9. The fourth-order valence-corrected chi connectivity index (χ4v) is 1.98. The number of nitrogens with two attached hydrogens (primary N) is 1. The Kier molecular flexibility index (Phi) is 11.2. The normalized spacial score (nSPS) is 11.3. The minimum absolute atomic E-state index is 0. The molecule has 1 heterocycles. The van der Waals surface area contributed by atoms with Gasteiger partial charge in [-0.15, -0.1) is 12.4 Å². The molecule has 0 fully saturated rings. The minimum Gasteiger partial charge on any atom is -0.370 e. The van der Waals surface area contributed by atoms with Crippen molar-refractivity contribution in [3.05, 3.63) is 24.4 Å². The van der Waals surface area contributed by atoms with E-state index in [4.69, 9.17) is 5.73 Å². The molecule has 114 valence electrons. The van der Waals surface area contributed by atoms with Crippen molar-refractivity contribution in [2.45, 2.75) is 18.9 Å². The molecule has 5 nitrogen and oxygen atoms in total. The van der Waals surface area contributed by atoms with Gasteiger partial charge < -0.3 is 16.4 Å². The fourth-order valence-electron chi connectivity index (χ4n) is 1.49. The van der Waals surface area contributed by atoms with Gasteiger partial charge in [0, 0.05) is 19.3 Å². The van der Waals surface area contributed by atoms with E-state index in [-0.39, 0.29) is 18.3 Å². The number of carbonyl (C=O) groups excluding carboxylic acids is 1. The SMILES string of the molecule is CSCC[C@H](N)C(=O)NCCCNc1ccccn1.Cl. The predicted molar refractivity (Wildman–Crippen MR) is 88.6 cm³/mol. The molecular formula is C13H23ClN4OS. The number of nitrogens with zero attached hydrogens (tertiary/aromatic N) is 1. The smallest absolute Gasteiger partial charge is 0.236 e. The Bertz CT molecular complexity index is 367. The van der Waals surface area contributed by atoms with E-state index >= 15 is 0 Å². The molecule has 1 atom stereocenters. The largest absolute Gasteiger partial charge is 0.370 e. The highest BCUT2D eigenvalue weighted by Crippen LogP contribution is 2.00. The second-order valence-electron chi connectivity index (χ2n) is 4.17. The number of thioether (sulfide) groups is 1. The number of hydrogen-bond acceptors (Lipinski definition) is 5. The summed E-state index contributed by atoms with van der Waals surface area (Å²) in [6, 6.07) is 5.33. The summed E-state index contributed by atoms with van der Waals surface area (Å²) in [6.07, 6.45) is 5.32. The Balaban J connectivity index is 0.00000361. The Hall–Kier alpha value is -0.980. The molecule has 0 saturated heterocycles. The van der Waals surface area contributed by atoms with E-state index in [1.54, 1.807) is 18.0 Å². The summed E-state index contributed by atoms with van der Waals surface area (Å²) >= 11 is 1.70. The molecule has 1 rings (SSSR count). The van der Waals surface area contributed by atoms with Crippen LogP contribution in [0.1, 0.15) is 12.8 Å². The first-order valence-electron chi connectivity index (χ1n) is 6.41. The quantitative estimate of drug-likeness (QED) is 0.601. The van der Waals surface area contributed by atoms with Crippen LogP contribution in [0.3, 0.4) is 0 Å². The van der Waals surface area contributed by atoms with Gasteiger partial charge in [-0.25, -0.2) is 4.98 Å². The van der Waals surface area contributed by atoms with Crippen LogP contribution in [0.25, 0.3) is 0 Å². The summed E-state index contributed by atoms with van der Waals surface area (Å²) < 4.78 is 0. The summed E-state index contributed by atoms with van der Waals surface area (Å²) in [4.78, 5) is 15.8. The Morgan fingerprint density at radius 2 is 2.25 bits per heavy atom. The van der Waals surface area contributed by atoms with Gasteiger partial charge >= 0.3 is 0 Å². The average molecular weight is 319 g/mol. The summed E-state index contributed by atoms with van der Waals surface area (Å²) in [6.45, 7) is 1.41. The average Bonchev–Trinajstić information content (AvgIpc) is 2.45. The van der Waals surface area contributed by atoms with Crippen molar-refractivity contribution in [1.82, 2.24) is 10.3 Å². The summed E-state index contributed by atoms with van der Waals surface area (Å²) in [5.41, 5.74) is 5.76. The van der Waals surface area contributed by atoms with Crippen molar-refractivity contribution >= 4 is 35.9 Å². The van der Waals surface area contributed by atoms with E-state index in [1.165, 1.54) is 0 Å². The van der Waals surface area contributed by atoms with E-state index in [9.17, 15) is 4.79 Å². The molecule has 20 heavy (non-hydrogen) atoms. The molecular weight excluding hydrogens is 296 g/mol. The number of aromatic nitrogens is 1. The third-order valence-corrected chi connectivity index (χ3v) is 3.24. The van der Waals surface area contributed by atoms with Crippen molar-refractivity contribution in [2.75, 3.05) is 30.4 Å². The van der Waals surface area contributed by atoms with E-state index < -0.39 is 6.04 Å². The van der Waals surface area contributed by atoms with Gasteiger partial charge in [-0.05, 0) is 37.0 Å². The first-order valence-corrected chi connectivity index (χ1v) is 7.80. The number of rotatable bonds is 9. The van der Waals surface area contributed by atoms with E-state index in [0.717, 1.165) is 31.0 Å². The summed E-state index contributed by atoms with van der Waals surface area (Å²) in [5.74, 6) is 1.70. The Morgan fingerprint density at radius 1 is 1.45 bits per heavy atom. The lowest BCUT2D eigenvalue weighted by molar-refractivity contribution is -0.122. The Morgan fingerprint density at radius 3 is 2.90 bits per heavy atom. The number of nitrogens with one attached hydrogen (secondary N) is 2. The first-order chi connectivity index (χ1) is 9.24. The van der Waals surface area contributed by atoms with Crippen molar-refractivity contribution < 1.29 is 4.79 Å². The molecule has 1 amide bonds. The van der Waals surface area contributed by atoms with Crippen molar-refractivity contribution in [1.29, 1.82) is 0 Å². The second-order valence-corrected chi connectivity index (χ2v) is 5.16. The van der Waals surface area contributed by atoms with Crippen LogP contribution in [-0.4, -0.2) is 42.0 Å². The van der Waals surface area contributed by atoms with Gasteiger partial charge in [-0.1, -0.05) is 6.07 Å². The molecule has 0 bridgehead atoms. The lowest BCUT2D eigenvalue weighted by atomic mass is 10.2. The zero-order valence-corrected chi connectivity index (χ0v) is 13.3. The predicted octanol–water partition coefficient (Wildman–Crippen LogP) is 1.50. The van der Waals surface area contributed by atoms with Crippen LogP contribution in [0, 0.1) is 0 Å². The molecule has 0 radical (unpaired) electrons. The van der Waals surface area contributed by atoms with E-state index in [2.05, 4.69) is 15.6 Å². The molecule has 0 spiro atoms. The highest BCUT2D eigenvalue weighted by Gasteiger charge is 2.11. The number of carbonyl (C=O) groups is 1. The molecule has 0 aliphatic heterocycles. The van der Waals surface area contributed by atoms with Crippen molar-refractivity contribution in [2.24, 2.45) is 5.73 Å². The Labute approximate surface area is 130 Å². The maximum absolute atomic E-state index is 11.6. The van der Waals surface area contributed by atoms with Gasteiger partial charge in [0.1, 0.15) is 5.82 Å². The van der Waals surface area contributed by atoms with Crippen LogP contribution in [0.15, 0.2) is 24.4 Å². The number of amides is 1. The topological polar surface area (TPSA) is 80.0 Å². The molecule has 0 aliphatic rings. The van der Waals surface area contributed by atoms with E-state index in [0.29, 0.717) is 6.54 Å². The molecule has 0 saturated carbocycles. The van der Waals surface area contributed by atoms with E-state index in [1.807, 2.05) is 24.5 Å². The molecule has 4 N–H and O–H groups in total. The highest BCUT2D eigenvalue weighted by atomic mass is 35.5. The summed E-state index contributed by atoms with van der Waals surface area (Å²) in [5, 5.41) is 6.03. The molecule has 0 aliphatic carbocycles. The van der Waals surface area contributed by atoms with Crippen molar-refractivity contribution in [3.63, 3.8) is 0 Å². The maximum Gasteiger partial charge on any atom is 0.236 e. The van der Waals surface area contributed by atoms with Crippen LogP contribution < -0.4 is 16.4 Å². The van der Waals surface area contributed by atoms with Crippen LogP contribution in [0.5, 0.6) is 0 Å². The van der Waals surface area contributed by atoms with Crippen molar-refractivity contribution in [3.8, 4) is 0 Å². The monoisotopic (exact) mass is 318 g/mol. The van der Waals surface area contributed by atoms with Gasteiger partial charge in [-0.2, -0.15) is 11.8 Å². The number of anilines is 1. The van der Waals surface area contributed by atoms with Gasteiger partial charge in [0.15, 0.2) is 0 Å². The van der Waals surface area contributed by atoms with Gasteiger partial charge in [-0.3, -0.25) is 4.79 Å². The molecule has 7 heteroatoms. The second kappa shape index (κ2) is 11.8. The van der Waals surface area contributed by atoms with Crippen LogP contribution >= 0.6 is 24.2 Å². The van der Waals surface area contributed by atoms with Crippen LogP contribution in [-0.2, 0) is 4.79 Å². The third kappa shape index (κ3) is 8.24. The number of halogens is 1. The van der Waals surface area contributed by atoms with Crippen LogP contribution in [0.4, 0.5) is 5.82 Å². The lowest BCUT2D eigenvalue weighted by Crippen LogP contribution is -2.41. The van der Waals surface area contributed by atoms with Gasteiger partial charge in [0.25, 0.3) is 0 Å². The van der Waals surface area contributed by atoms with Gasteiger partial charge in [0.05, 0.1) is 6.04 Å². The molecule has 1 aromatic rings. The first kappa shape index (κ1) is 19.0. The number of hydrogen-bond donors (Lipinski definition) is 3. The maximum atomic E-state index is 11.6. The molecule has 0 unspecified atom stereocenters. The van der Waals surface area contributed by atoms with Crippen LogP contribution in [0.2, 0.25) is 0 Å². The molecule has 1 aromatic heterocycles. The minimum atomic E-state index is -0.392. The standard InChI is InChI=1S/C13H22N4OS.ClH/c1-19-10-6-11(14)13(18)17-9-4-8-16-12-5-2-3-7-15-12;/h2-3,5,7,11H,4,6,8-10,14H2,1H3,(H,15,16)(H,17,18);1H/t11-;/m0./s1. The zero-order valence-electron chi connectivity index (χ0n) is 11.7. The van der Waals surface area contributed by atoms with Gasteiger partial charge in [0.2, 0.25) is 5.91 Å². The fraction of sp³-hybridized carbons (Fsp3) is 0.538. The number of pyridine rings is 1. The summed E-state index contributed by atoms with van der Waals surface area (Å²) in [7, 11) is 0. The molecule has 0 aromatic carbocycles. The lowest BCUT2D eigenvalue weighted by Gasteiger charge is -2.11.